The van der Waals surface area contributed by atoms with Crippen LogP contribution in [0.15, 0.2) is 6.07 Å². The van der Waals surface area contributed by atoms with Crippen molar-refractivity contribution in [3.05, 3.63) is 17.5 Å². The van der Waals surface area contributed by atoms with Gasteiger partial charge < -0.3 is 5.32 Å². The van der Waals surface area contributed by atoms with Crippen LogP contribution in [0.3, 0.4) is 0 Å². The number of aryl methyl sites for hydroxylation is 2. The van der Waals surface area contributed by atoms with E-state index in [2.05, 4.69) is 43.0 Å². The van der Waals surface area contributed by atoms with E-state index in [0.29, 0.717) is 17.8 Å². The molecule has 1 aromatic rings. The van der Waals surface area contributed by atoms with Gasteiger partial charge in [0.2, 0.25) is 5.95 Å². The van der Waals surface area contributed by atoms with Crippen molar-refractivity contribution in [1.82, 2.24) is 9.97 Å². The Balaban J connectivity index is 2.65. The maximum atomic E-state index is 4.40. The summed E-state index contributed by atoms with van der Waals surface area (Å²) in [6.45, 7) is 14.0. The topological polar surface area (TPSA) is 37.8 Å². The Morgan fingerprint density at radius 3 is 1.88 bits per heavy atom. The van der Waals surface area contributed by atoms with Gasteiger partial charge in [0.25, 0.3) is 0 Å². The van der Waals surface area contributed by atoms with Gasteiger partial charge in [-0.05, 0) is 37.7 Å². The summed E-state index contributed by atoms with van der Waals surface area (Å²) < 4.78 is 0. The van der Waals surface area contributed by atoms with Crippen molar-refractivity contribution < 1.29 is 0 Å². The van der Waals surface area contributed by atoms with Crippen LogP contribution in [0.2, 0.25) is 0 Å². The Morgan fingerprint density at radius 1 is 1.00 bits per heavy atom. The molecule has 1 heterocycles. The monoisotopic (exact) mass is 235 g/mol. The molecule has 1 rings (SSSR count). The molecule has 1 aromatic heterocycles. The number of nitrogens with zero attached hydrogens (tertiary/aromatic N) is 2. The second kappa shape index (κ2) is 5.99. The minimum atomic E-state index is 0.652. The first-order chi connectivity index (χ1) is 7.90. The van der Waals surface area contributed by atoms with E-state index >= 15 is 0 Å². The highest BCUT2D eigenvalue weighted by molar-refractivity contribution is 5.27. The van der Waals surface area contributed by atoms with Gasteiger partial charge in [-0.1, -0.05) is 27.7 Å². The highest BCUT2D eigenvalue weighted by Crippen LogP contribution is 2.20. The summed E-state index contributed by atoms with van der Waals surface area (Å²) >= 11 is 0. The standard InChI is InChI=1S/C14H25N3/c1-9(2)13(10(3)4)8-15-14-16-11(5)7-12(6)17-14/h7,9-10,13H,8H2,1-6H3,(H,15,16,17). The van der Waals surface area contributed by atoms with Crippen LogP contribution in [-0.2, 0) is 0 Å². The van der Waals surface area contributed by atoms with Crippen LogP contribution in [0, 0.1) is 31.6 Å². The molecule has 0 aliphatic heterocycles. The van der Waals surface area contributed by atoms with Crippen LogP contribution in [0.5, 0.6) is 0 Å². The maximum absolute atomic E-state index is 4.40. The van der Waals surface area contributed by atoms with E-state index in [1.165, 1.54) is 0 Å². The van der Waals surface area contributed by atoms with Crippen molar-refractivity contribution in [2.24, 2.45) is 17.8 Å². The summed E-state index contributed by atoms with van der Waals surface area (Å²) in [5.41, 5.74) is 2.04. The molecule has 1 N–H and O–H groups in total. The lowest BCUT2D eigenvalue weighted by Crippen LogP contribution is -2.25. The van der Waals surface area contributed by atoms with E-state index in [1.54, 1.807) is 0 Å². The average Bonchev–Trinajstić information content (AvgIpc) is 2.14. The van der Waals surface area contributed by atoms with Crippen LogP contribution >= 0.6 is 0 Å². The summed E-state index contributed by atoms with van der Waals surface area (Å²) in [5.74, 6) is 2.76. The molecule has 0 bridgehead atoms. The molecule has 3 heteroatoms. The van der Waals surface area contributed by atoms with E-state index in [9.17, 15) is 0 Å². The Bertz CT molecular complexity index is 330. The zero-order valence-corrected chi connectivity index (χ0v) is 11.9. The molecular formula is C14H25N3. The Hall–Kier alpha value is -1.12. The molecule has 0 unspecified atom stereocenters. The number of aromatic nitrogens is 2. The molecule has 0 saturated carbocycles. The van der Waals surface area contributed by atoms with Gasteiger partial charge in [0, 0.05) is 17.9 Å². The average molecular weight is 235 g/mol. The molecule has 0 saturated heterocycles. The lowest BCUT2D eigenvalue weighted by molar-refractivity contribution is 0.304. The quantitative estimate of drug-likeness (QED) is 0.849. The number of hydrogen-bond acceptors (Lipinski definition) is 3. The molecule has 0 radical (unpaired) electrons. The van der Waals surface area contributed by atoms with Crippen LogP contribution in [-0.4, -0.2) is 16.5 Å². The first-order valence-electron chi connectivity index (χ1n) is 6.46. The minimum Gasteiger partial charge on any atom is -0.354 e. The fourth-order valence-corrected chi connectivity index (χ4v) is 2.26. The fraction of sp³-hybridized carbons (Fsp3) is 0.714. The third-order valence-corrected chi connectivity index (χ3v) is 3.19. The van der Waals surface area contributed by atoms with E-state index in [0.717, 1.165) is 23.9 Å². The van der Waals surface area contributed by atoms with Gasteiger partial charge >= 0.3 is 0 Å². The van der Waals surface area contributed by atoms with Gasteiger partial charge in [-0.3, -0.25) is 0 Å². The predicted molar refractivity (Wildman–Crippen MR) is 73.2 cm³/mol. The zero-order valence-electron chi connectivity index (χ0n) is 11.9. The summed E-state index contributed by atoms with van der Waals surface area (Å²) in [6.07, 6.45) is 0. The minimum absolute atomic E-state index is 0.652. The summed E-state index contributed by atoms with van der Waals surface area (Å²) in [6, 6.07) is 1.99. The molecule has 96 valence electrons. The van der Waals surface area contributed by atoms with E-state index < -0.39 is 0 Å². The molecule has 0 aliphatic carbocycles. The first-order valence-corrected chi connectivity index (χ1v) is 6.46. The molecule has 3 nitrogen and oxygen atoms in total. The highest BCUT2D eigenvalue weighted by atomic mass is 15.1. The fourth-order valence-electron chi connectivity index (χ4n) is 2.26. The van der Waals surface area contributed by atoms with Crippen molar-refractivity contribution in [2.45, 2.75) is 41.5 Å². The zero-order chi connectivity index (χ0) is 13.0. The second-order valence-corrected chi connectivity index (χ2v) is 5.51. The lowest BCUT2D eigenvalue weighted by atomic mass is 9.85. The van der Waals surface area contributed by atoms with Gasteiger partial charge in [0.15, 0.2) is 0 Å². The SMILES string of the molecule is Cc1cc(C)nc(NCC(C(C)C)C(C)C)n1. The van der Waals surface area contributed by atoms with Crippen molar-refractivity contribution in [2.75, 3.05) is 11.9 Å². The summed E-state index contributed by atoms with van der Waals surface area (Å²) in [5, 5.41) is 3.37. The largest absolute Gasteiger partial charge is 0.354 e. The number of hydrogen-bond donors (Lipinski definition) is 1. The summed E-state index contributed by atoms with van der Waals surface area (Å²) in [4.78, 5) is 8.80. The molecule has 0 spiro atoms. The highest BCUT2D eigenvalue weighted by Gasteiger charge is 2.17. The Labute approximate surface area is 105 Å². The van der Waals surface area contributed by atoms with Crippen LogP contribution in [0.25, 0.3) is 0 Å². The van der Waals surface area contributed by atoms with Gasteiger partial charge in [-0.2, -0.15) is 0 Å². The molecule has 0 aliphatic rings. The lowest BCUT2D eigenvalue weighted by Gasteiger charge is -2.25. The number of rotatable bonds is 5. The van der Waals surface area contributed by atoms with Crippen molar-refractivity contribution in [1.29, 1.82) is 0 Å². The first kappa shape index (κ1) is 13.9. The Morgan fingerprint density at radius 2 is 1.47 bits per heavy atom. The van der Waals surface area contributed by atoms with Gasteiger partial charge in [-0.15, -0.1) is 0 Å². The van der Waals surface area contributed by atoms with Gasteiger partial charge in [0.1, 0.15) is 0 Å². The predicted octanol–water partition coefficient (Wildman–Crippen LogP) is 3.43. The number of nitrogens with one attached hydrogen (secondary N) is 1. The number of anilines is 1. The van der Waals surface area contributed by atoms with Crippen molar-refractivity contribution >= 4 is 5.95 Å². The Kier molecular flexibility index (Phi) is 4.91. The van der Waals surface area contributed by atoms with E-state index in [1.807, 2.05) is 19.9 Å². The summed E-state index contributed by atoms with van der Waals surface area (Å²) in [7, 11) is 0. The van der Waals surface area contributed by atoms with Crippen LogP contribution in [0.4, 0.5) is 5.95 Å². The smallest absolute Gasteiger partial charge is 0.223 e. The maximum Gasteiger partial charge on any atom is 0.223 e. The second-order valence-electron chi connectivity index (χ2n) is 5.51. The van der Waals surface area contributed by atoms with Gasteiger partial charge in [-0.25, -0.2) is 9.97 Å². The molecule has 17 heavy (non-hydrogen) atoms. The third kappa shape index (κ3) is 4.33. The molecular weight excluding hydrogens is 210 g/mol. The molecule has 0 fully saturated rings. The van der Waals surface area contributed by atoms with Crippen molar-refractivity contribution in [3.63, 3.8) is 0 Å². The van der Waals surface area contributed by atoms with Gasteiger partial charge in [0.05, 0.1) is 0 Å². The third-order valence-electron chi connectivity index (χ3n) is 3.19. The normalized spacial score (nSPS) is 11.6. The molecule has 0 amide bonds. The van der Waals surface area contributed by atoms with Crippen molar-refractivity contribution in [3.8, 4) is 0 Å². The molecule has 0 atom stereocenters. The molecule has 0 aromatic carbocycles. The van der Waals surface area contributed by atoms with Crippen LogP contribution in [0.1, 0.15) is 39.1 Å². The van der Waals surface area contributed by atoms with E-state index in [-0.39, 0.29) is 0 Å². The van der Waals surface area contributed by atoms with E-state index in [4.69, 9.17) is 0 Å². The van der Waals surface area contributed by atoms with Crippen LogP contribution < -0.4 is 5.32 Å².